The van der Waals surface area contributed by atoms with Gasteiger partial charge in [-0.1, -0.05) is 32.9 Å². The lowest BCUT2D eigenvalue weighted by Gasteiger charge is -2.26. The fourth-order valence-corrected chi connectivity index (χ4v) is 2.03. The molecule has 0 heterocycles. The summed E-state index contributed by atoms with van der Waals surface area (Å²) in [5.74, 6) is 0.151. The second-order valence-electron chi connectivity index (χ2n) is 4.96. The first-order valence-corrected chi connectivity index (χ1v) is 6.62. The van der Waals surface area contributed by atoms with Crippen LogP contribution in [0.1, 0.15) is 38.8 Å². The quantitative estimate of drug-likeness (QED) is 0.776. The number of methoxy groups -OCH3 is 1. The van der Waals surface area contributed by atoms with Gasteiger partial charge in [0.25, 0.3) is 0 Å². The van der Waals surface area contributed by atoms with Crippen molar-refractivity contribution in [2.75, 3.05) is 7.11 Å². The Hall–Kier alpha value is -1.55. The minimum atomic E-state index is -0.330. The zero-order chi connectivity index (χ0) is 14.4. The molecule has 1 aromatic rings. The molecule has 1 aromatic carbocycles. The van der Waals surface area contributed by atoms with E-state index in [9.17, 15) is 9.90 Å². The Morgan fingerprint density at radius 2 is 1.89 bits per heavy atom. The highest BCUT2D eigenvalue weighted by Crippen LogP contribution is 2.21. The molecule has 0 aliphatic rings. The van der Waals surface area contributed by atoms with Crippen molar-refractivity contribution in [1.82, 2.24) is 5.32 Å². The van der Waals surface area contributed by atoms with Crippen molar-refractivity contribution in [3.8, 4) is 5.75 Å². The van der Waals surface area contributed by atoms with E-state index in [2.05, 4.69) is 12.2 Å². The molecule has 2 N–H and O–H groups in total. The van der Waals surface area contributed by atoms with Gasteiger partial charge >= 0.3 is 5.97 Å². The molecule has 0 saturated heterocycles. The van der Waals surface area contributed by atoms with Crippen molar-refractivity contribution >= 4 is 5.97 Å². The van der Waals surface area contributed by atoms with E-state index in [1.54, 1.807) is 12.1 Å². The third-order valence-electron chi connectivity index (χ3n) is 3.21. The van der Waals surface area contributed by atoms with Gasteiger partial charge in [0.2, 0.25) is 0 Å². The van der Waals surface area contributed by atoms with Gasteiger partial charge in [0, 0.05) is 6.04 Å². The Kier molecular flexibility index (Phi) is 5.83. The summed E-state index contributed by atoms with van der Waals surface area (Å²) in [4.78, 5) is 11.8. The number of aromatic hydroxyl groups is 1. The van der Waals surface area contributed by atoms with Crippen molar-refractivity contribution < 1.29 is 14.6 Å². The maximum atomic E-state index is 11.8. The smallest absolute Gasteiger partial charge is 0.323 e. The predicted molar refractivity (Wildman–Crippen MR) is 74.9 cm³/mol. The van der Waals surface area contributed by atoms with E-state index >= 15 is 0 Å². The molecule has 0 saturated carbocycles. The van der Waals surface area contributed by atoms with Gasteiger partial charge < -0.3 is 9.84 Å². The van der Waals surface area contributed by atoms with Gasteiger partial charge in [-0.2, -0.15) is 0 Å². The van der Waals surface area contributed by atoms with Gasteiger partial charge in [-0.3, -0.25) is 10.1 Å². The van der Waals surface area contributed by atoms with Gasteiger partial charge in [-0.15, -0.1) is 0 Å². The molecular weight excluding hydrogens is 242 g/mol. The fourth-order valence-electron chi connectivity index (χ4n) is 2.03. The topological polar surface area (TPSA) is 58.6 Å². The molecule has 19 heavy (non-hydrogen) atoms. The van der Waals surface area contributed by atoms with Crippen LogP contribution in [0.25, 0.3) is 0 Å². The highest BCUT2D eigenvalue weighted by molar-refractivity contribution is 5.76. The highest BCUT2D eigenvalue weighted by atomic mass is 16.5. The number of hydrogen-bond acceptors (Lipinski definition) is 4. The third kappa shape index (κ3) is 4.24. The summed E-state index contributed by atoms with van der Waals surface area (Å²) in [5, 5.41) is 12.6. The lowest BCUT2D eigenvalue weighted by molar-refractivity contribution is -0.144. The number of hydrogen-bond donors (Lipinski definition) is 2. The number of phenols is 1. The molecule has 106 valence electrons. The number of ether oxygens (including phenoxy) is 1. The zero-order valence-electron chi connectivity index (χ0n) is 12.0. The summed E-state index contributed by atoms with van der Waals surface area (Å²) in [5.41, 5.74) is 1.05. The summed E-state index contributed by atoms with van der Waals surface area (Å²) >= 11 is 0. The van der Waals surface area contributed by atoms with Crippen LogP contribution >= 0.6 is 0 Å². The normalized spacial score (nSPS) is 14.2. The monoisotopic (exact) mass is 265 g/mol. The van der Waals surface area contributed by atoms with Crippen LogP contribution in [0.3, 0.4) is 0 Å². The summed E-state index contributed by atoms with van der Waals surface area (Å²) in [6, 6.07) is 6.77. The van der Waals surface area contributed by atoms with Gasteiger partial charge in [-0.05, 0) is 30.0 Å². The Labute approximate surface area is 114 Å². The predicted octanol–water partition coefficient (Wildman–Crippen LogP) is 2.63. The van der Waals surface area contributed by atoms with Crippen LogP contribution in [0.2, 0.25) is 0 Å². The van der Waals surface area contributed by atoms with Crippen LogP contribution in [-0.4, -0.2) is 24.2 Å². The van der Waals surface area contributed by atoms with Gasteiger partial charge in [-0.25, -0.2) is 0 Å². The van der Waals surface area contributed by atoms with Crippen molar-refractivity contribution in [2.45, 2.75) is 39.3 Å². The van der Waals surface area contributed by atoms with E-state index in [1.807, 2.05) is 26.0 Å². The van der Waals surface area contributed by atoms with E-state index in [0.717, 1.165) is 12.0 Å². The molecule has 4 heteroatoms. The number of phenolic OH excluding ortho intramolecular Hbond substituents is 1. The molecule has 1 rings (SSSR count). The Balaban J connectivity index is 2.85. The number of carbonyl (C=O) groups is 1. The molecule has 0 aliphatic carbocycles. The molecule has 4 nitrogen and oxygen atoms in total. The van der Waals surface area contributed by atoms with E-state index in [4.69, 9.17) is 4.74 Å². The van der Waals surface area contributed by atoms with Gasteiger partial charge in [0.05, 0.1) is 7.11 Å². The lowest BCUT2D eigenvalue weighted by Crippen LogP contribution is -2.43. The molecule has 0 aliphatic heterocycles. The third-order valence-corrected chi connectivity index (χ3v) is 3.21. The first-order chi connectivity index (χ1) is 8.99. The molecule has 0 amide bonds. The summed E-state index contributed by atoms with van der Waals surface area (Å²) in [7, 11) is 1.40. The van der Waals surface area contributed by atoms with Gasteiger partial charge in [0.1, 0.15) is 11.8 Å². The molecule has 0 radical (unpaired) electrons. The second-order valence-corrected chi connectivity index (χ2v) is 4.96. The fraction of sp³-hybridized carbons (Fsp3) is 0.533. The molecule has 2 unspecified atom stereocenters. The van der Waals surface area contributed by atoms with E-state index in [-0.39, 0.29) is 29.7 Å². The second kappa shape index (κ2) is 7.14. The SMILES string of the molecule is CCC(NC(C(=O)OC)C(C)C)c1ccc(O)cc1. The average Bonchev–Trinajstić information content (AvgIpc) is 2.40. The van der Waals surface area contributed by atoms with E-state index < -0.39 is 0 Å². The first kappa shape index (κ1) is 15.5. The number of esters is 1. The van der Waals surface area contributed by atoms with Crippen LogP contribution < -0.4 is 5.32 Å². The van der Waals surface area contributed by atoms with Crippen LogP contribution in [0, 0.1) is 5.92 Å². The maximum Gasteiger partial charge on any atom is 0.323 e. The van der Waals surface area contributed by atoms with Crippen molar-refractivity contribution in [3.05, 3.63) is 29.8 Å². The number of benzene rings is 1. The van der Waals surface area contributed by atoms with Crippen molar-refractivity contribution in [1.29, 1.82) is 0 Å². The highest BCUT2D eigenvalue weighted by Gasteiger charge is 2.25. The Bertz CT molecular complexity index is 400. The van der Waals surface area contributed by atoms with Crippen molar-refractivity contribution in [2.24, 2.45) is 5.92 Å². The minimum absolute atomic E-state index is 0.0621. The number of nitrogens with one attached hydrogen (secondary N) is 1. The molecule has 0 fully saturated rings. The first-order valence-electron chi connectivity index (χ1n) is 6.62. The summed E-state index contributed by atoms with van der Waals surface area (Å²) < 4.78 is 4.83. The lowest BCUT2D eigenvalue weighted by atomic mass is 9.99. The van der Waals surface area contributed by atoms with E-state index in [1.165, 1.54) is 7.11 Å². The minimum Gasteiger partial charge on any atom is -0.508 e. The van der Waals surface area contributed by atoms with Crippen LogP contribution in [0.15, 0.2) is 24.3 Å². The molecule has 0 aromatic heterocycles. The summed E-state index contributed by atoms with van der Waals surface area (Å²) in [6.45, 7) is 6.02. The standard InChI is InChI=1S/C15H23NO3/c1-5-13(11-6-8-12(17)9-7-11)16-14(10(2)3)15(18)19-4/h6-10,13-14,16-17H,5H2,1-4H3. The molecule has 0 bridgehead atoms. The number of rotatable bonds is 6. The maximum absolute atomic E-state index is 11.8. The van der Waals surface area contributed by atoms with Crippen LogP contribution in [0.5, 0.6) is 5.75 Å². The molecular formula is C15H23NO3. The largest absolute Gasteiger partial charge is 0.508 e. The zero-order valence-corrected chi connectivity index (χ0v) is 12.0. The number of carbonyl (C=O) groups excluding carboxylic acids is 1. The van der Waals surface area contributed by atoms with E-state index in [0.29, 0.717) is 0 Å². The van der Waals surface area contributed by atoms with Crippen LogP contribution in [-0.2, 0) is 9.53 Å². The molecule has 2 atom stereocenters. The average molecular weight is 265 g/mol. The Morgan fingerprint density at radius 1 is 1.32 bits per heavy atom. The summed E-state index contributed by atoms with van der Waals surface area (Å²) in [6.07, 6.45) is 0.852. The Morgan fingerprint density at radius 3 is 2.32 bits per heavy atom. The van der Waals surface area contributed by atoms with Gasteiger partial charge in [0.15, 0.2) is 0 Å². The van der Waals surface area contributed by atoms with Crippen LogP contribution in [0.4, 0.5) is 0 Å². The molecule has 0 spiro atoms. The van der Waals surface area contributed by atoms with Crippen molar-refractivity contribution in [3.63, 3.8) is 0 Å².